The lowest BCUT2D eigenvalue weighted by atomic mass is 9.80. The predicted octanol–water partition coefficient (Wildman–Crippen LogP) is 1.98. The second kappa shape index (κ2) is 6.05. The molecular weight excluding hydrogens is 284 g/mol. The Morgan fingerprint density at radius 1 is 1.27 bits per heavy atom. The largest absolute Gasteiger partial charge is 0.497 e. The average Bonchev–Trinajstić information content (AvgIpc) is 2.92. The van der Waals surface area contributed by atoms with Gasteiger partial charge in [0.15, 0.2) is 0 Å². The van der Waals surface area contributed by atoms with Crippen molar-refractivity contribution >= 4 is 17.4 Å². The first-order chi connectivity index (χ1) is 10.7. The van der Waals surface area contributed by atoms with Gasteiger partial charge in [0, 0.05) is 18.9 Å². The van der Waals surface area contributed by atoms with Crippen molar-refractivity contribution in [3.63, 3.8) is 0 Å². The molecule has 2 aromatic rings. The molecule has 116 valence electrons. The van der Waals surface area contributed by atoms with Gasteiger partial charge in [-0.1, -0.05) is 12.1 Å². The van der Waals surface area contributed by atoms with Crippen LogP contribution in [0.1, 0.15) is 30.7 Å². The smallest absolute Gasteiger partial charge is 0.215 e. The molecule has 3 N–H and O–H groups in total. The van der Waals surface area contributed by atoms with Crippen LogP contribution >= 0.6 is 0 Å². The number of ketones is 1. The van der Waals surface area contributed by atoms with Crippen molar-refractivity contribution in [1.29, 1.82) is 0 Å². The number of nitrogens with zero attached hydrogens (tertiary/aromatic N) is 2. The van der Waals surface area contributed by atoms with E-state index in [1.807, 2.05) is 24.3 Å². The molecule has 7 nitrogen and oxygen atoms in total. The van der Waals surface area contributed by atoms with Gasteiger partial charge in [-0.3, -0.25) is 4.79 Å². The number of ether oxygens (including phenoxy) is 1. The average molecular weight is 302 g/mol. The maximum absolute atomic E-state index is 12.0. The van der Waals surface area contributed by atoms with Crippen LogP contribution in [-0.2, 0) is 4.79 Å². The first kappa shape index (κ1) is 14.4. The third-order valence-corrected chi connectivity index (χ3v) is 3.96. The van der Waals surface area contributed by atoms with Crippen molar-refractivity contribution in [2.24, 2.45) is 0 Å². The Balaban J connectivity index is 1.72. The number of Topliss-reactive ketones (excluding diaryl/α,β-unsaturated/α-hetero) is 1. The number of carbonyl (C=O) groups is 1. The highest BCUT2D eigenvalue weighted by Gasteiger charge is 2.29. The lowest BCUT2D eigenvalue weighted by Gasteiger charge is -2.29. The number of benzene rings is 1. The lowest BCUT2D eigenvalue weighted by molar-refractivity contribution is -0.120. The van der Waals surface area contributed by atoms with Crippen molar-refractivity contribution in [3.05, 3.63) is 29.8 Å². The summed E-state index contributed by atoms with van der Waals surface area (Å²) in [6, 6.07) is 7.81. The van der Waals surface area contributed by atoms with Gasteiger partial charge in [-0.15, -0.1) is 0 Å². The number of aromatic nitrogens is 2. The van der Waals surface area contributed by atoms with E-state index in [0.717, 1.165) is 17.7 Å². The van der Waals surface area contributed by atoms with E-state index in [-0.39, 0.29) is 23.6 Å². The van der Waals surface area contributed by atoms with Crippen LogP contribution in [0.4, 0.5) is 11.6 Å². The number of nitrogens with two attached hydrogens (primary N) is 1. The molecule has 0 bridgehead atoms. The molecule has 1 aromatic heterocycles. The van der Waals surface area contributed by atoms with Gasteiger partial charge in [0.1, 0.15) is 11.5 Å². The SMILES string of the molecule is COc1ccc(C2CC(=O)CC(Nc3nonc3N)C2)cc1. The number of hydrogen-bond acceptors (Lipinski definition) is 7. The summed E-state index contributed by atoms with van der Waals surface area (Å²) in [5.41, 5.74) is 6.77. The van der Waals surface area contributed by atoms with Gasteiger partial charge in [-0.25, -0.2) is 4.63 Å². The Labute approximate surface area is 127 Å². The Morgan fingerprint density at radius 2 is 2.05 bits per heavy atom. The second-order valence-corrected chi connectivity index (χ2v) is 5.49. The Morgan fingerprint density at radius 3 is 2.68 bits per heavy atom. The van der Waals surface area contributed by atoms with Gasteiger partial charge in [0.05, 0.1) is 7.11 Å². The predicted molar refractivity (Wildman–Crippen MR) is 80.7 cm³/mol. The first-order valence-electron chi connectivity index (χ1n) is 7.16. The third kappa shape index (κ3) is 3.03. The summed E-state index contributed by atoms with van der Waals surface area (Å²) >= 11 is 0. The lowest BCUT2D eigenvalue weighted by Crippen LogP contribution is -2.31. The zero-order valence-electron chi connectivity index (χ0n) is 12.3. The van der Waals surface area contributed by atoms with E-state index in [0.29, 0.717) is 18.7 Å². The minimum Gasteiger partial charge on any atom is -0.497 e. The zero-order valence-corrected chi connectivity index (χ0v) is 12.3. The minimum atomic E-state index is -0.0254. The summed E-state index contributed by atoms with van der Waals surface area (Å²) in [6.45, 7) is 0. The van der Waals surface area contributed by atoms with E-state index in [9.17, 15) is 4.79 Å². The molecule has 0 radical (unpaired) electrons. The van der Waals surface area contributed by atoms with E-state index >= 15 is 0 Å². The Bertz CT molecular complexity index is 653. The molecule has 22 heavy (non-hydrogen) atoms. The number of methoxy groups -OCH3 is 1. The Kier molecular flexibility index (Phi) is 3.95. The first-order valence-corrected chi connectivity index (χ1v) is 7.16. The third-order valence-electron chi connectivity index (χ3n) is 3.96. The highest BCUT2D eigenvalue weighted by atomic mass is 16.6. The zero-order chi connectivity index (χ0) is 15.5. The van der Waals surface area contributed by atoms with Crippen molar-refractivity contribution in [2.75, 3.05) is 18.2 Å². The van der Waals surface area contributed by atoms with Crippen LogP contribution in [-0.4, -0.2) is 29.2 Å². The van der Waals surface area contributed by atoms with Crippen LogP contribution in [0.25, 0.3) is 0 Å². The Hall–Kier alpha value is -2.57. The topological polar surface area (TPSA) is 103 Å². The van der Waals surface area contributed by atoms with Crippen LogP contribution in [0, 0.1) is 0 Å². The quantitative estimate of drug-likeness (QED) is 0.890. The number of rotatable bonds is 4. The molecule has 1 saturated carbocycles. The molecule has 2 unspecified atom stereocenters. The van der Waals surface area contributed by atoms with Gasteiger partial charge in [-0.2, -0.15) is 0 Å². The van der Waals surface area contributed by atoms with Crippen molar-refractivity contribution < 1.29 is 14.2 Å². The summed E-state index contributed by atoms with van der Waals surface area (Å²) in [6.07, 6.45) is 1.83. The fourth-order valence-corrected chi connectivity index (χ4v) is 2.87. The van der Waals surface area contributed by atoms with Crippen LogP contribution in [0.2, 0.25) is 0 Å². The van der Waals surface area contributed by atoms with E-state index in [2.05, 4.69) is 20.3 Å². The molecule has 1 aliphatic carbocycles. The highest BCUT2D eigenvalue weighted by molar-refractivity contribution is 5.81. The number of nitrogen functional groups attached to an aromatic ring is 1. The van der Waals surface area contributed by atoms with Gasteiger partial charge < -0.3 is 15.8 Å². The molecule has 1 aliphatic rings. The molecule has 1 aromatic carbocycles. The summed E-state index contributed by atoms with van der Waals surface area (Å²) < 4.78 is 9.73. The summed E-state index contributed by atoms with van der Waals surface area (Å²) in [5.74, 6) is 1.81. The van der Waals surface area contributed by atoms with Crippen LogP contribution in [0.3, 0.4) is 0 Å². The molecule has 0 amide bonds. The van der Waals surface area contributed by atoms with Gasteiger partial charge in [0.25, 0.3) is 0 Å². The van der Waals surface area contributed by atoms with Crippen LogP contribution in [0.15, 0.2) is 28.9 Å². The summed E-state index contributed by atoms with van der Waals surface area (Å²) in [4.78, 5) is 12.0. The van der Waals surface area contributed by atoms with Crippen LogP contribution < -0.4 is 15.8 Å². The van der Waals surface area contributed by atoms with Crippen molar-refractivity contribution in [1.82, 2.24) is 10.3 Å². The molecular formula is C15H18N4O3. The molecule has 7 heteroatoms. The van der Waals surface area contributed by atoms with Crippen LogP contribution in [0.5, 0.6) is 5.75 Å². The molecule has 3 rings (SSSR count). The maximum Gasteiger partial charge on any atom is 0.215 e. The standard InChI is InChI=1S/C15H18N4O3/c1-21-13-4-2-9(3-5-13)10-6-11(8-12(20)7-10)17-15-14(16)18-22-19-15/h2-5,10-11H,6-8H2,1H3,(H2,16,18)(H,17,19). The summed E-state index contributed by atoms with van der Waals surface area (Å²) in [5, 5.41) is 10.4. The fourth-order valence-electron chi connectivity index (χ4n) is 2.87. The van der Waals surface area contributed by atoms with Crippen molar-refractivity contribution in [2.45, 2.75) is 31.2 Å². The minimum absolute atomic E-state index is 0.0254. The van der Waals surface area contributed by atoms with Gasteiger partial charge in [-0.05, 0) is 40.3 Å². The van der Waals surface area contributed by atoms with E-state index in [4.69, 9.17) is 10.5 Å². The van der Waals surface area contributed by atoms with E-state index < -0.39 is 0 Å². The number of carbonyl (C=O) groups excluding carboxylic acids is 1. The molecule has 2 atom stereocenters. The van der Waals surface area contributed by atoms with Gasteiger partial charge >= 0.3 is 0 Å². The normalized spacial score (nSPS) is 21.6. The summed E-state index contributed by atoms with van der Waals surface area (Å²) in [7, 11) is 1.63. The molecule has 1 heterocycles. The number of nitrogens with one attached hydrogen (secondary N) is 1. The molecule has 0 saturated heterocycles. The number of hydrogen-bond donors (Lipinski definition) is 2. The number of anilines is 2. The van der Waals surface area contributed by atoms with E-state index in [1.165, 1.54) is 0 Å². The van der Waals surface area contributed by atoms with E-state index in [1.54, 1.807) is 7.11 Å². The maximum atomic E-state index is 12.0. The second-order valence-electron chi connectivity index (χ2n) is 5.49. The monoisotopic (exact) mass is 302 g/mol. The van der Waals surface area contributed by atoms with Crippen molar-refractivity contribution in [3.8, 4) is 5.75 Å². The molecule has 1 fully saturated rings. The molecule has 0 aliphatic heterocycles. The highest BCUT2D eigenvalue weighted by Crippen LogP contribution is 2.33. The fraction of sp³-hybridized carbons (Fsp3) is 0.400. The van der Waals surface area contributed by atoms with Gasteiger partial charge in [0.2, 0.25) is 11.6 Å². The molecule has 0 spiro atoms.